The van der Waals surface area contributed by atoms with Gasteiger partial charge in [0, 0.05) is 10.0 Å². The van der Waals surface area contributed by atoms with Crippen molar-refractivity contribution < 1.29 is 5.11 Å². The Morgan fingerprint density at radius 1 is 1.53 bits per heavy atom. The molecule has 0 aliphatic carbocycles. The Balaban J connectivity index is 2.22. The van der Waals surface area contributed by atoms with Gasteiger partial charge >= 0.3 is 0 Å². The largest absolute Gasteiger partial charge is 0.507 e. The molecule has 0 radical (unpaired) electrons. The van der Waals surface area contributed by atoms with Crippen molar-refractivity contribution in [2.75, 3.05) is 13.1 Å². The Hall–Kier alpha value is -0.540. The molecule has 1 heterocycles. The minimum absolute atomic E-state index is 0.455. The fourth-order valence-corrected chi connectivity index (χ4v) is 2.58. The van der Waals surface area contributed by atoms with E-state index in [4.69, 9.17) is 0 Å². The zero-order chi connectivity index (χ0) is 10.8. The number of hydrogen-bond donors (Lipinski definition) is 2. The Morgan fingerprint density at radius 2 is 2.33 bits per heavy atom. The number of hydrogen-bond acceptors (Lipinski definition) is 2. The van der Waals surface area contributed by atoms with Crippen LogP contribution in [0.3, 0.4) is 0 Å². The third kappa shape index (κ3) is 2.34. The van der Waals surface area contributed by atoms with Gasteiger partial charge in [-0.25, -0.2) is 0 Å². The number of halogens is 1. The summed E-state index contributed by atoms with van der Waals surface area (Å²) in [6, 6.07) is 3.96. The van der Waals surface area contributed by atoms with E-state index in [2.05, 4.69) is 21.2 Å². The number of phenols is 1. The molecule has 2 nitrogen and oxygen atoms in total. The van der Waals surface area contributed by atoms with Crippen molar-refractivity contribution in [1.82, 2.24) is 5.32 Å². The molecule has 15 heavy (non-hydrogen) atoms. The molecule has 2 N–H and O–H groups in total. The SMILES string of the molecule is Cc1ccc(Br)c(CC2CCNC2)c1O. The molecule has 1 fully saturated rings. The standard InChI is InChI=1S/C12H16BrNO/c1-8-2-3-11(13)10(12(8)15)6-9-4-5-14-7-9/h2-3,9,14-15H,4-7H2,1H3. The minimum atomic E-state index is 0.455. The predicted molar refractivity (Wildman–Crippen MR) is 65.2 cm³/mol. The molecule has 1 saturated heterocycles. The molecular formula is C12H16BrNO. The van der Waals surface area contributed by atoms with Crippen molar-refractivity contribution in [3.8, 4) is 5.75 Å². The fourth-order valence-electron chi connectivity index (χ4n) is 2.10. The van der Waals surface area contributed by atoms with Crippen LogP contribution in [0.15, 0.2) is 16.6 Å². The second-order valence-corrected chi connectivity index (χ2v) is 5.11. The maximum absolute atomic E-state index is 9.99. The first-order valence-corrected chi connectivity index (χ1v) is 6.15. The van der Waals surface area contributed by atoms with Gasteiger partial charge in [-0.1, -0.05) is 22.0 Å². The van der Waals surface area contributed by atoms with Crippen LogP contribution in [0.5, 0.6) is 5.75 Å². The average molecular weight is 270 g/mol. The second-order valence-electron chi connectivity index (χ2n) is 4.25. The summed E-state index contributed by atoms with van der Waals surface area (Å²) in [6.45, 7) is 4.12. The molecule has 0 amide bonds. The fraction of sp³-hybridized carbons (Fsp3) is 0.500. The summed E-state index contributed by atoms with van der Waals surface area (Å²) in [5, 5.41) is 13.3. The number of aromatic hydroxyl groups is 1. The van der Waals surface area contributed by atoms with E-state index in [1.165, 1.54) is 6.42 Å². The summed E-state index contributed by atoms with van der Waals surface area (Å²) < 4.78 is 1.03. The highest BCUT2D eigenvalue weighted by Crippen LogP contribution is 2.32. The predicted octanol–water partition coefficient (Wildman–Crippen LogP) is 2.62. The number of aryl methyl sites for hydroxylation is 1. The maximum Gasteiger partial charge on any atom is 0.122 e. The molecule has 0 bridgehead atoms. The molecule has 1 aromatic carbocycles. The first-order chi connectivity index (χ1) is 7.18. The average Bonchev–Trinajstić information content (AvgIpc) is 2.71. The van der Waals surface area contributed by atoms with Crippen LogP contribution in [0, 0.1) is 12.8 Å². The summed E-state index contributed by atoms with van der Waals surface area (Å²) in [5.41, 5.74) is 2.02. The van der Waals surface area contributed by atoms with Crippen molar-refractivity contribution in [3.63, 3.8) is 0 Å². The van der Waals surface area contributed by atoms with Crippen LogP contribution in [-0.4, -0.2) is 18.2 Å². The van der Waals surface area contributed by atoms with E-state index in [1.54, 1.807) is 0 Å². The molecule has 1 aromatic rings. The van der Waals surface area contributed by atoms with Gasteiger partial charge in [-0.2, -0.15) is 0 Å². The lowest BCUT2D eigenvalue weighted by molar-refractivity contribution is 0.454. The Labute approximate surface area is 98.8 Å². The van der Waals surface area contributed by atoms with Gasteiger partial charge in [0.05, 0.1) is 0 Å². The first-order valence-electron chi connectivity index (χ1n) is 5.36. The van der Waals surface area contributed by atoms with E-state index >= 15 is 0 Å². The Bertz CT molecular complexity index is 359. The van der Waals surface area contributed by atoms with E-state index in [1.807, 2.05) is 19.1 Å². The van der Waals surface area contributed by atoms with Gasteiger partial charge in [0.1, 0.15) is 5.75 Å². The molecule has 1 aliphatic rings. The third-order valence-corrected chi connectivity index (χ3v) is 3.83. The van der Waals surface area contributed by atoms with Crippen molar-refractivity contribution in [1.29, 1.82) is 0 Å². The van der Waals surface area contributed by atoms with Gasteiger partial charge in [0.2, 0.25) is 0 Å². The van der Waals surface area contributed by atoms with Crippen molar-refractivity contribution in [2.45, 2.75) is 19.8 Å². The monoisotopic (exact) mass is 269 g/mol. The lowest BCUT2D eigenvalue weighted by Crippen LogP contribution is -2.11. The van der Waals surface area contributed by atoms with Gasteiger partial charge in [0.15, 0.2) is 0 Å². The minimum Gasteiger partial charge on any atom is -0.507 e. The molecular weight excluding hydrogens is 254 g/mol. The van der Waals surface area contributed by atoms with Crippen LogP contribution in [-0.2, 0) is 6.42 Å². The Kier molecular flexibility index (Phi) is 3.32. The molecule has 1 unspecified atom stereocenters. The maximum atomic E-state index is 9.99. The summed E-state index contributed by atoms with van der Waals surface area (Å²) in [5.74, 6) is 1.12. The van der Waals surface area contributed by atoms with Crippen molar-refractivity contribution in [2.24, 2.45) is 5.92 Å². The smallest absolute Gasteiger partial charge is 0.122 e. The normalized spacial score (nSPS) is 20.8. The lowest BCUT2D eigenvalue weighted by Gasteiger charge is -2.13. The van der Waals surface area contributed by atoms with Gasteiger partial charge in [-0.3, -0.25) is 0 Å². The quantitative estimate of drug-likeness (QED) is 0.865. The van der Waals surface area contributed by atoms with Crippen molar-refractivity contribution >= 4 is 15.9 Å². The van der Waals surface area contributed by atoms with E-state index in [0.717, 1.165) is 35.1 Å². The Morgan fingerprint density at radius 3 is 3.00 bits per heavy atom. The van der Waals surface area contributed by atoms with E-state index in [9.17, 15) is 5.11 Å². The van der Waals surface area contributed by atoms with Crippen molar-refractivity contribution in [3.05, 3.63) is 27.7 Å². The van der Waals surface area contributed by atoms with Gasteiger partial charge in [-0.05, 0) is 50.4 Å². The third-order valence-electron chi connectivity index (χ3n) is 3.08. The molecule has 0 aromatic heterocycles. The number of nitrogens with one attached hydrogen (secondary N) is 1. The summed E-state index contributed by atoms with van der Waals surface area (Å²) in [4.78, 5) is 0. The highest BCUT2D eigenvalue weighted by Gasteiger charge is 2.18. The van der Waals surface area contributed by atoms with Crippen LogP contribution in [0.25, 0.3) is 0 Å². The lowest BCUT2D eigenvalue weighted by atomic mass is 9.96. The second kappa shape index (κ2) is 4.54. The van der Waals surface area contributed by atoms with Crippen LogP contribution in [0.4, 0.5) is 0 Å². The topological polar surface area (TPSA) is 32.3 Å². The number of rotatable bonds is 2. The van der Waals surface area contributed by atoms with Crippen LogP contribution in [0.2, 0.25) is 0 Å². The van der Waals surface area contributed by atoms with Crippen LogP contribution < -0.4 is 5.32 Å². The summed E-state index contributed by atoms with van der Waals surface area (Å²) >= 11 is 3.51. The zero-order valence-corrected chi connectivity index (χ0v) is 10.5. The van der Waals surface area contributed by atoms with Crippen LogP contribution in [0.1, 0.15) is 17.5 Å². The number of benzene rings is 1. The van der Waals surface area contributed by atoms with Gasteiger partial charge < -0.3 is 10.4 Å². The van der Waals surface area contributed by atoms with E-state index in [0.29, 0.717) is 11.7 Å². The molecule has 0 saturated carbocycles. The highest BCUT2D eigenvalue weighted by molar-refractivity contribution is 9.10. The molecule has 82 valence electrons. The molecule has 3 heteroatoms. The van der Waals surface area contributed by atoms with E-state index < -0.39 is 0 Å². The molecule has 1 atom stereocenters. The zero-order valence-electron chi connectivity index (χ0n) is 8.89. The molecule has 1 aliphatic heterocycles. The first kappa shape index (κ1) is 11.0. The van der Waals surface area contributed by atoms with Crippen LogP contribution >= 0.6 is 15.9 Å². The number of phenolic OH excluding ortho intramolecular Hbond substituents is 1. The van der Waals surface area contributed by atoms with E-state index in [-0.39, 0.29) is 0 Å². The molecule has 2 rings (SSSR count). The molecule has 0 spiro atoms. The summed E-state index contributed by atoms with van der Waals surface area (Å²) in [7, 11) is 0. The highest BCUT2D eigenvalue weighted by atomic mass is 79.9. The van der Waals surface area contributed by atoms with Gasteiger partial charge in [0.25, 0.3) is 0 Å². The summed E-state index contributed by atoms with van der Waals surface area (Å²) in [6.07, 6.45) is 2.17. The van der Waals surface area contributed by atoms with Gasteiger partial charge in [-0.15, -0.1) is 0 Å².